The minimum Gasteiger partial charge on any atom is -0.313 e. The lowest BCUT2D eigenvalue weighted by atomic mass is 9.95. The largest absolute Gasteiger partial charge is 0.313 e. The molecule has 0 spiro atoms. The molecular weight excluding hydrogens is 249 g/mol. The van der Waals surface area contributed by atoms with Gasteiger partial charge in [-0.05, 0) is 43.3 Å². The van der Waals surface area contributed by atoms with Crippen molar-refractivity contribution in [1.82, 2.24) is 5.32 Å². The molecule has 0 amide bonds. The van der Waals surface area contributed by atoms with E-state index < -0.39 is 0 Å². The zero-order valence-corrected chi connectivity index (χ0v) is 11.1. The fourth-order valence-electron chi connectivity index (χ4n) is 1.98. The summed E-state index contributed by atoms with van der Waals surface area (Å²) in [5.74, 6) is -0.317. The SMILES string of the molecule is CNC(C)c1ccccc1-c1ccc(F)cc1Cl. The van der Waals surface area contributed by atoms with Gasteiger partial charge >= 0.3 is 0 Å². The van der Waals surface area contributed by atoms with Crippen LogP contribution in [0, 0.1) is 5.82 Å². The fourth-order valence-corrected chi connectivity index (χ4v) is 2.25. The first-order valence-corrected chi connectivity index (χ1v) is 6.23. The zero-order chi connectivity index (χ0) is 13.1. The first-order valence-electron chi connectivity index (χ1n) is 5.85. The van der Waals surface area contributed by atoms with Gasteiger partial charge in [0.2, 0.25) is 0 Å². The minimum atomic E-state index is -0.317. The average molecular weight is 264 g/mol. The van der Waals surface area contributed by atoms with Gasteiger partial charge in [-0.2, -0.15) is 0 Å². The molecule has 2 rings (SSSR count). The highest BCUT2D eigenvalue weighted by atomic mass is 35.5. The van der Waals surface area contributed by atoms with Crippen molar-refractivity contribution in [1.29, 1.82) is 0 Å². The maximum atomic E-state index is 13.1. The van der Waals surface area contributed by atoms with Crippen LogP contribution >= 0.6 is 11.6 Å². The van der Waals surface area contributed by atoms with Crippen molar-refractivity contribution in [2.24, 2.45) is 0 Å². The minimum absolute atomic E-state index is 0.210. The Morgan fingerprint density at radius 3 is 2.50 bits per heavy atom. The van der Waals surface area contributed by atoms with Crippen LogP contribution in [0.1, 0.15) is 18.5 Å². The summed E-state index contributed by atoms with van der Waals surface area (Å²) in [4.78, 5) is 0. The first-order chi connectivity index (χ1) is 8.63. The quantitative estimate of drug-likeness (QED) is 0.864. The summed E-state index contributed by atoms with van der Waals surface area (Å²) in [7, 11) is 1.91. The highest BCUT2D eigenvalue weighted by Crippen LogP contribution is 2.33. The molecule has 0 aromatic heterocycles. The molecule has 0 aliphatic carbocycles. The van der Waals surface area contributed by atoms with E-state index in [1.54, 1.807) is 6.07 Å². The van der Waals surface area contributed by atoms with Gasteiger partial charge in [0.05, 0.1) is 5.02 Å². The number of halogens is 2. The topological polar surface area (TPSA) is 12.0 Å². The van der Waals surface area contributed by atoms with Gasteiger partial charge in [0.15, 0.2) is 0 Å². The van der Waals surface area contributed by atoms with Gasteiger partial charge in [0, 0.05) is 11.6 Å². The molecule has 1 nitrogen and oxygen atoms in total. The van der Waals surface area contributed by atoms with Gasteiger partial charge in [-0.25, -0.2) is 4.39 Å². The lowest BCUT2D eigenvalue weighted by Crippen LogP contribution is -2.13. The molecule has 18 heavy (non-hydrogen) atoms. The standard InChI is InChI=1S/C15H15ClFN/c1-10(18-2)12-5-3-4-6-13(12)14-8-7-11(17)9-15(14)16/h3-10,18H,1-2H3. The fraction of sp³-hybridized carbons (Fsp3) is 0.200. The predicted octanol–water partition coefficient (Wildman–Crippen LogP) is 4.43. The number of hydrogen-bond donors (Lipinski definition) is 1. The first kappa shape index (κ1) is 13.1. The van der Waals surface area contributed by atoms with Crippen LogP contribution in [0.5, 0.6) is 0 Å². The molecule has 0 saturated carbocycles. The molecule has 1 atom stereocenters. The summed E-state index contributed by atoms with van der Waals surface area (Å²) < 4.78 is 13.1. The Morgan fingerprint density at radius 2 is 1.83 bits per heavy atom. The van der Waals surface area contributed by atoms with Crippen LogP contribution in [0.4, 0.5) is 4.39 Å². The lowest BCUT2D eigenvalue weighted by Gasteiger charge is -2.16. The van der Waals surface area contributed by atoms with Crippen LogP contribution in [-0.4, -0.2) is 7.05 Å². The van der Waals surface area contributed by atoms with Crippen molar-refractivity contribution >= 4 is 11.6 Å². The molecule has 2 aromatic carbocycles. The number of benzene rings is 2. The highest BCUT2D eigenvalue weighted by Gasteiger charge is 2.12. The van der Waals surface area contributed by atoms with Crippen LogP contribution in [0.3, 0.4) is 0 Å². The van der Waals surface area contributed by atoms with E-state index in [4.69, 9.17) is 11.6 Å². The third-order valence-electron chi connectivity index (χ3n) is 3.08. The van der Waals surface area contributed by atoms with Crippen molar-refractivity contribution in [2.45, 2.75) is 13.0 Å². The Hall–Kier alpha value is -1.38. The molecule has 0 bridgehead atoms. The molecule has 3 heteroatoms. The van der Waals surface area contributed by atoms with E-state index >= 15 is 0 Å². The number of rotatable bonds is 3. The molecule has 0 saturated heterocycles. The summed E-state index contributed by atoms with van der Waals surface area (Å²) in [5, 5.41) is 3.64. The highest BCUT2D eigenvalue weighted by molar-refractivity contribution is 6.33. The maximum Gasteiger partial charge on any atom is 0.124 e. The Kier molecular flexibility index (Phi) is 4.00. The molecule has 0 heterocycles. The van der Waals surface area contributed by atoms with Crippen molar-refractivity contribution in [3.8, 4) is 11.1 Å². The summed E-state index contributed by atoms with van der Waals surface area (Å²) in [6, 6.07) is 12.7. The maximum absolute atomic E-state index is 13.1. The van der Waals surface area contributed by atoms with E-state index in [9.17, 15) is 4.39 Å². The summed E-state index contributed by atoms with van der Waals surface area (Å²) in [6.07, 6.45) is 0. The second-order valence-corrected chi connectivity index (χ2v) is 4.63. The monoisotopic (exact) mass is 263 g/mol. The van der Waals surface area contributed by atoms with Crippen molar-refractivity contribution in [3.05, 3.63) is 58.9 Å². The molecule has 0 radical (unpaired) electrons. The molecular formula is C15H15ClFN. The molecule has 2 aromatic rings. The van der Waals surface area contributed by atoms with E-state index in [0.717, 1.165) is 16.7 Å². The van der Waals surface area contributed by atoms with Gasteiger partial charge in [0.1, 0.15) is 5.82 Å². The third kappa shape index (κ3) is 2.55. The lowest BCUT2D eigenvalue weighted by molar-refractivity contribution is 0.628. The van der Waals surface area contributed by atoms with Gasteiger partial charge < -0.3 is 5.32 Å². The van der Waals surface area contributed by atoms with Crippen LogP contribution in [0.2, 0.25) is 5.02 Å². The van der Waals surface area contributed by atoms with E-state index in [1.807, 2.05) is 25.2 Å². The smallest absolute Gasteiger partial charge is 0.124 e. The number of hydrogen-bond acceptors (Lipinski definition) is 1. The van der Waals surface area contributed by atoms with E-state index in [1.165, 1.54) is 12.1 Å². The Labute approximate surface area is 112 Å². The normalized spacial score (nSPS) is 12.4. The molecule has 0 aliphatic rings. The average Bonchev–Trinajstić information content (AvgIpc) is 2.38. The van der Waals surface area contributed by atoms with Crippen LogP contribution < -0.4 is 5.32 Å². The van der Waals surface area contributed by atoms with Gasteiger partial charge in [-0.1, -0.05) is 35.9 Å². The van der Waals surface area contributed by atoms with E-state index in [0.29, 0.717) is 5.02 Å². The van der Waals surface area contributed by atoms with Crippen LogP contribution in [-0.2, 0) is 0 Å². The summed E-state index contributed by atoms with van der Waals surface area (Å²) in [5.41, 5.74) is 3.04. The molecule has 1 unspecified atom stereocenters. The number of nitrogens with one attached hydrogen (secondary N) is 1. The van der Waals surface area contributed by atoms with Crippen LogP contribution in [0.25, 0.3) is 11.1 Å². The molecule has 0 aliphatic heterocycles. The third-order valence-corrected chi connectivity index (χ3v) is 3.39. The molecule has 1 N–H and O–H groups in total. The summed E-state index contributed by atoms with van der Waals surface area (Å²) >= 11 is 6.12. The van der Waals surface area contributed by atoms with E-state index in [-0.39, 0.29) is 11.9 Å². The van der Waals surface area contributed by atoms with E-state index in [2.05, 4.69) is 18.3 Å². The predicted molar refractivity (Wildman–Crippen MR) is 74.3 cm³/mol. The zero-order valence-electron chi connectivity index (χ0n) is 10.4. The van der Waals surface area contributed by atoms with Gasteiger partial charge in [0.25, 0.3) is 0 Å². The Morgan fingerprint density at radius 1 is 1.11 bits per heavy atom. The second-order valence-electron chi connectivity index (χ2n) is 4.22. The molecule has 0 fully saturated rings. The van der Waals surface area contributed by atoms with Crippen molar-refractivity contribution < 1.29 is 4.39 Å². The van der Waals surface area contributed by atoms with Crippen LogP contribution in [0.15, 0.2) is 42.5 Å². The molecule has 94 valence electrons. The Balaban J connectivity index is 2.56. The second kappa shape index (κ2) is 5.51. The Bertz CT molecular complexity index is 554. The van der Waals surface area contributed by atoms with Gasteiger partial charge in [-0.15, -0.1) is 0 Å². The van der Waals surface area contributed by atoms with Crippen molar-refractivity contribution in [2.75, 3.05) is 7.05 Å². The van der Waals surface area contributed by atoms with Gasteiger partial charge in [-0.3, -0.25) is 0 Å². The summed E-state index contributed by atoms with van der Waals surface area (Å²) in [6.45, 7) is 2.08. The van der Waals surface area contributed by atoms with Crippen molar-refractivity contribution in [3.63, 3.8) is 0 Å².